The zero-order chi connectivity index (χ0) is 24.1. The maximum Gasteiger partial charge on any atom is 0.301 e. The highest BCUT2D eigenvalue weighted by molar-refractivity contribution is 7.16. The van der Waals surface area contributed by atoms with Crippen LogP contribution in [0.5, 0.6) is 0 Å². The Hall–Kier alpha value is -3.32. The van der Waals surface area contributed by atoms with E-state index in [4.69, 9.17) is 0 Å². The number of aromatic nitrogens is 1. The second-order valence-corrected chi connectivity index (χ2v) is 10.4. The van der Waals surface area contributed by atoms with Crippen molar-refractivity contribution in [2.24, 2.45) is 0 Å². The molecule has 33 heavy (non-hydrogen) atoms. The van der Waals surface area contributed by atoms with Crippen LogP contribution in [-0.4, -0.2) is 21.8 Å². The Balaban J connectivity index is 1.92. The molecule has 2 aromatic carbocycles. The summed E-state index contributed by atoms with van der Waals surface area (Å²) >= 11 is 1.32. The minimum Gasteiger partial charge on any atom is -0.507 e. The molecule has 0 unspecified atom stereocenters. The Bertz CT molecular complexity index is 1250. The Morgan fingerprint density at radius 1 is 1.03 bits per heavy atom. The molecule has 1 amide bonds. The van der Waals surface area contributed by atoms with Crippen LogP contribution in [0.25, 0.3) is 5.76 Å². The molecule has 1 aliphatic rings. The van der Waals surface area contributed by atoms with Crippen LogP contribution in [0.3, 0.4) is 0 Å². The van der Waals surface area contributed by atoms with Crippen molar-refractivity contribution in [1.29, 1.82) is 0 Å². The van der Waals surface area contributed by atoms with Gasteiger partial charge in [-0.1, -0.05) is 45.0 Å². The van der Waals surface area contributed by atoms with Crippen LogP contribution >= 0.6 is 11.3 Å². The number of aliphatic hydroxyl groups excluding tert-OH is 1. The van der Waals surface area contributed by atoms with Crippen molar-refractivity contribution in [3.63, 3.8) is 0 Å². The van der Waals surface area contributed by atoms with Crippen LogP contribution in [-0.2, 0) is 15.0 Å². The lowest BCUT2D eigenvalue weighted by molar-refractivity contribution is -0.132. The number of ketones is 1. The maximum atomic E-state index is 13.4. The fourth-order valence-corrected chi connectivity index (χ4v) is 4.77. The Morgan fingerprint density at radius 3 is 2.15 bits per heavy atom. The summed E-state index contributed by atoms with van der Waals surface area (Å²) in [6.45, 7) is 10.0. The van der Waals surface area contributed by atoms with Gasteiger partial charge >= 0.3 is 5.91 Å². The van der Waals surface area contributed by atoms with E-state index in [1.807, 2.05) is 38.1 Å². The van der Waals surface area contributed by atoms with Crippen molar-refractivity contribution in [2.75, 3.05) is 4.90 Å². The zero-order valence-corrected chi connectivity index (χ0v) is 20.0. The van der Waals surface area contributed by atoms with Crippen LogP contribution in [0.2, 0.25) is 0 Å². The number of Topliss-reactive ketones (excluding diaryl/α,β-unsaturated/α-hetero) is 1. The number of nitrogens with zero attached hydrogens (tertiary/aromatic N) is 2. The molecule has 0 bridgehead atoms. The quantitative estimate of drug-likeness (QED) is 0.301. The molecule has 1 saturated heterocycles. The minimum absolute atomic E-state index is 0.0411. The first-order chi connectivity index (χ1) is 15.5. The average Bonchev–Trinajstić information content (AvgIpc) is 3.23. The van der Waals surface area contributed by atoms with Gasteiger partial charge in [-0.2, -0.15) is 0 Å². The molecule has 5 nitrogen and oxygen atoms in total. The number of amides is 1. The van der Waals surface area contributed by atoms with Crippen LogP contribution in [0, 0.1) is 19.7 Å². The Labute approximate surface area is 196 Å². The highest BCUT2D eigenvalue weighted by Crippen LogP contribution is 2.44. The largest absolute Gasteiger partial charge is 0.507 e. The van der Waals surface area contributed by atoms with Crippen molar-refractivity contribution in [2.45, 2.75) is 46.1 Å². The summed E-state index contributed by atoms with van der Waals surface area (Å²) < 4.78 is 13.4. The SMILES string of the molecule is Cc1nc(N2C(=O)C(=O)C(=C(O)c3ccc(F)cc3)[C@H]2c2ccc(C(C)(C)C)cc2)sc1C. The first kappa shape index (κ1) is 22.9. The Morgan fingerprint density at radius 2 is 1.64 bits per heavy atom. The second-order valence-electron chi connectivity index (χ2n) is 9.19. The molecule has 1 aromatic heterocycles. The number of benzene rings is 2. The van der Waals surface area contributed by atoms with Gasteiger partial charge in [-0.25, -0.2) is 9.37 Å². The minimum atomic E-state index is -0.853. The predicted molar refractivity (Wildman–Crippen MR) is 128 cm³/mol. The van der Waals surface area contributed by atoms with Gasteiger partial charge in [0, 0.05) is 10.4 Å². The van der Waals surface area contributed by atoms with E-state index in [-0.39, 0.29) is 22.3 Å². The highest BCUT2D eigenvalue weighted by Gasteiger charge is 2.48. The van der Waals surface area contributed by atoms with E-state index in [9.17, 15) is 19.1 Å². The van der Waals surface area contributed by atoms with Crippen molar-refractivity contribution >= 4 is 33.9 Å². The molecule has 1 atom stereocenters. The number of hydrogen-bond acceptors (Lipinski definition) is 5. The first-order valence-corrected chi connectivity index (χ1v) is 11.4. The number of rotatable bonds is 3. The zero-order valence-electron chi connectivity index (χ0n) is 19.1. The molecule has 0 aliphatic carbocycles. The molecule has 4 rings (SSSR count). The van der Waals surface area contributed by atoms with Gasteiger partial charge in [-0.15, -0.1) is 11.3 Å². The Kier molecular flexibility index (Phi) is 5.70. The van der Waals surface area contributed by atoms with Gasteiger partial charge in [0.2, 0.25) is 0 Å². The van der Waals surface area contributed by atoms with Gasteiger partial charge in [0.15, 0.2) is 5.13 Å². The lowest BCUT2D eigenvalue weighted by Crippen LogP contribution is -2.29. The number of anilines is 1. The van der Waals surface area contributed by atoms with Gasteiger partial charge in [-0.3, -0.25) is 14.5 Å². The van der Waals surface area contributed by atoms with Crippen molar-refractivity contribution in [3.8, 4) is 0 Å². The summed E-state index contributed by atoms with van der Waals surface area (Å²) in [7, 11) is 0. The molecular formula is C26H25FN2O3S. The van der Waals surface area contributed by atoms with Gasteiger partial charge < -0.3 is 5.11 Å². The fourth-order valence-electron chi connectivity index (χ4n) is 3.83. The number of carbonyl (C=O) groups excluding carboxylic acids is 2. The van der Waals surface area contributed by atoms with Crippen LogP contribution in [0.4, 0.5) is 9.52 Å². The van der Waals surface area contributed by atoms with Crippen molar-refractivity contribution in [3.05, 3.63) is 87.2 Å². The molecule has 1 aliphatic heterocycles. The van der Waals surface area contributed by atoms with E-state index in [1.54, 1.807) is 0 Å². The first-order valence-electron chi connectivity index (χ1n) is 10.6. The smallest absolute Gasteiger partial charge is 0.301 e. The molecule has 1 fully saturated rings. The predicted octanol–water partition coefficient (Wildman–Crippen LogP) is 5.82. The fraction of sp³-hybridized carbons (Fsp3) is 0.269. The van der Waals surface area contributed by atoms with E-state index in [0.717, 1.165) is 16.1 Å². The third-order valence-electron chi connectivity index (χ3n) is 5.88. The summed E-state index contributed by atoms with van der Waals surface area (Å²) in [5.41, 5.74) is 2.70. The molecule has 3 aromatic rings. The standard InChI is InChI=1S/C26H25FN2O3S/c1-14-15(2)33-25(28-14)29-21(16-6-10-18(11-7-16)26(3,4)5)20(23(31)24(29)32)22(30)17-8-12-19(27)13-9-17/h6-13,21,30H,1-5H3/t21-/m1/s1. The molecule has 7 heteroatoms. The molecule has 0 radical (unpaired) electrons. The normalized spacial score (nSPS) is 18.2. The van der Waals surface area contributed by atoms with Crippen molar-refractivity contribution < 1.29 is 19.1 Å². The summed E-state index contributed by atoms with van der Waals surface area (Å²) in [4.78, 5) is 33.1. The molecule has 0 saturated carbocycles. The summed E-state index contributed by atoms with van der Waals surface area (Å²) in [5, 5.41) is 11.5. The molecule has 2 heterocycles. The van der Waals surface area contributed by atoms with Crippen molar-refractivity contribution in [1.82, 2.24) is 4.98 Å². The van der Waals surface area contributed by atoms with Gasteiger partial charge in [0.1, 0.15) is 11.6 Å². The van der Waals surface area contributed by atoms with Crippen LogP contribution < -0.4 is 4.90 Å². The van der Waals surface area contributed by atoms with Crippen LogP contribution in [0.15, 0.2) is 54.1 Å². The van der Waals surface area contributed by atoms with Gasteiger partial charge in [0.25, 0.3) is 5.78 Å². The maximum absolute atomic E-state index is 13.4. The van der Waals surface area contributed by atoms with E-state index in [0.29, 0.717) is 10.7 Å². The third-order valence-corrected chi connectivity index (χ3v) is 6.95. The topological polar surface area (TPSA) is 70.5 Å². The molecule has 0 spiro atoms. The monoisotopic (exact) mass is 464 g/mol. The number of thiazole rings is 1. The average molecular weight is 465 g/mol. The van der Waals surface area contributed by atoms with Crippen LogP contribution in [0.1, 0.15) is 54.1 Å². The van der Waals surface area contributed by atoms with Gasteiger partial charge in [0.05, 0.1) is 17.3 Å². The molecule has 170 valence electrons. The number of halogens is 1. The van der Waals surface area contributed by atoms with E-state index < -0.39 is 23.5 Å². The van der Waals surface area contributed by atoms with E-state index >= 15 is 0 Å². The number of aryl methyl sites for hydroxylation is 2. The number of aliphatic hydroxyl groups is 1. The number of carbonyl (C=O) groups is 2. The lowest BCUT2D eigenvalue weighted by atomic mass is 9.85. The molecule has 1 N–H and O–H groups in total. The molecular weight excluding hydrogens is 439 g/mol. The summed E-state index contributed by atoms with van der Waals surface area (Å²) in [6.07, 6.45) is 0. The van der Waals surface area contributed by atoms with Gasteiger partial charge in [-0.05, 0) is 54.7 Å². The summed E-state index contributed by atoms with van der Waals surface area (Å²) in [6, 6.07) is 12.0. The number of hydrogen-bond donors (Lipinski definition) is 1. The van der Waals surface area contributed by atoms with E-state index in [1.165, 1.54) is 40.5 Å². The highest BCUT2D eigenvalue weighted by atomic mass is 32.1. The van der Waals surface area contributed by atoms with E-state index in [2.05, 4.69) is 25.8 Å². The lowest BCUT2D eigenvalue weighted by Gasteiger charge is -2.24. The second kappa shape index (κ2) is 8.23. The third kappa shape index (κ3) is 4.09. The summed E-state index contributed by atoms with van der Waals surface area (Å²) in [5.74, 6) is -2.36.